The fraction of sp³-hybridized carbons (Fsp3) is 1.00. The van der Waals surface area contributed by atoms with Crippen molar-refractivity contribution in [2.24, 2.45) is 40.4 Å². The highest BCUT2D eigenvalue weighted by Crippen LogP contribution is 2.68. The SMILES string of the molecule is CCC(C)[C@]1(O)CC[C@@]2(C)C(CC[C@H]3[C@@H]4CC[C@H](O[Si](C)(C)C(C)(C)C)[C@@]4(C)CC[C@@H]32)C1. The maximum absolute atomic E-state index is 11.5. The minimum absolute atomic E-state index is 0.290. The summed E-state index contributed by atoms with van der Waals surface area (Å²) in [6.07, 6.45) is 13.1. The molecule has 4 fully saturated rings. The molecule has 4 saturated carbocycles. The van der Waals surface area contributed by atoms with E-state index in [0.717, 1.165) is 42.9 Å². The lowest BCUT2D eigenvalue weighted by Gasteiger charge is -2.62. The van der Waals surface area contributed by atoms with Gasteiger partial charge in [0.1, 0.15) is 0 Å². The summed E-state index contributed by atoms with van der Waals surface area (Å²) in [7, 11) is -1.74. The molecule has 1 N–H and O–H groups in total. The second-order valence-corrected chi connectivity index (χ2v) is 19.5. The average molecular weight is 463 g/mol. The minimum Gasteiger partial charge on any atom is -0.413 e. The molecule has 0 heterocycles. The Morgan fingerprint density at radius 3 is 2.22 bits per heavy atom. The maximum atomic E-state index is 11.5. The van der Waals surface area contributed by atoms with Gasteiger partial charge in [0, 0.05) is 0 Å². The molecule has 2 unspecified atom stereocenters. The summed E-state index contributed by atoms with van der Waals surface area (Å²) >= 11 is 0. The van der Waals surface area contributed by atoms with Crippen molar-refractivity contribution in [3.05, 3.63) is 0 Å². The number of fused-ring (bicyclic) bond motifs is 5. The first kappa shape index (κ1) is 25.2. The average Bonchev–Trinajstić information content (AvgIpc) is 3.03. The highest BCUT2D eigenvalue weighted by atomic mass is 28.4. The van der Waals surface area contributed by atoms with Crippen molar-refractivity contribution in [2.45, 2.75) is 143 Å². The van der Waals surface area contributed by atoms with Crippen LogP contribution in [0.5, 0.6) is 0 Å². The van der Waals surface area contributed by atoms with E-state index < -0.39 is 13.9 Å². The molecule has 186 valence electrons. The molecule has 2 nitrogen and oxygen atoms in total. The summed E-state index contributed by atoms with van der Waals surface area (Å²) < 4.78 is 7.12. The number of hydrogen-bond acceptors (Lipinski definition) is 2. The van der Waals surface area contributed by atoms with Gasteiger partial charge in [-0.3, -0.25) is 0 Å². The van der Waals surface area contributed by atoms with Crippen molar-refractivity contribution < 1.29 is 9.53 Å². The van der Waals surface area contributed by atoms with Gasteiger partial charge in [-0.05, 0) is 116 Å². The van der Waals surface area contributed by atoms with Crippen LogP contribution in [-0.2, 0) is 4.43 Å². The fourth-order valence-electron chi connectivity index (χ4n) is 8.78. The molecule has 0 amide bonds. The van der Waals surface area contributed by atoms with Crippen LogP contribution >= 0.6 is 0 Å². The van der Waals surface area contributed by atoms with Crippen LogP contribution in [0.25, 0.3) is 0 Å². The van der Waals surface area contributed by atoms with Gasteiger partial charge >= 0.3 is 0 Å². The largest absolute Gasteiger partial charge is 0.413 e. The molecule has 0 saturated heterocycles. The number of hydrogen-bond donors (Lipinski definition) is 1. The smallest absolute Gasteiger partial charge is 0.192 e. The fourth-order valence-corrected chi connectivity index (χ4v) is 10.2. The van der Waals surface area contributed by atoms with Gasteiger partial charge in [-0.1, -0.05) is 54.9 Å². The second-order valence-electron chi connectivity index (χ2n) is 14.8. The summed E-state index contributed by atoms with van der Waals surface area (Å²) in [5.41, 5.74) is 0.415. The lowest BCUT2D eigenvalue weighted by Crippen LogP contribution is -2.58. The first-order valence-electron chi connectivity index (χ1n) is 14.1. The number of aliphatic hydroxyl groups is 1. The summed E-state index contributed by atoms with van der Waals surface area (Å²) in [6, 6.07) is 0. The van der Waals surface area contributed by atoms with Gasteiger partial charge in [0.05, 0.1) is 11.7 Å². The van der Waals surface area contributed by atoms with Gasteiger partial charge in [0.2, 0.25) is 0 Å². The maximum Gasteiger partial charge on any atom is 0.192 e. The molecule has 3 heteroatoms. The van der Waals surface area contributed by atoms with Gasteiger partial charge < -0.3 is 9.53 Å². The third-order valence-corrected chi connectivity index (χ3v) is 16.9. The predicted octanol–water partition coefficient (Wildman–Crippen LogP) is 8.20. The van der Waals surface area contributed by atoms with Crippen molar-refractivity contribution in [2.75, 3.05) is 0 Å². The molecular formula is C29H54O2Si. The zero-order valence-corrected chi connectivity index (χ0v) is 23.9. The van der Waals surface area contributed by atoms with E-state index in [1.54, 1.807) is 0 Å². The molecule has 0 aliphatic heterocycles. The molecule has 32 heavy (non-hydrogen) atoms. The van der Waals surface area contributed by atoms with Crippen molar-refractivity contribution in [3.63, 3.8) is 0 Å². The quantitative estimate of drug-likeness (QED) is 0.427. The molecule has 4 rings (SSSR count). The summed E-state index contributed by atoms with van der Waals surface area (Å²) in [6.45, 7) is 21.8. The van der Waals surface area contributed by atoms with Gasteiger partial charge in [0.15, 0.2) is 8.32 Å². The van der Waals surface area contributed by atoms with E-state index in [1.165, 1.54) is 44.9 Å². The molecule has 0 radical (unpaired) electrons. The van der Waals surface area contributed by atoms with Crippen LogP contribution in [0.15, 0.2) is 0 Å². The minimum atomic E-state index is -1.74. The molecule has 4 aliphatic rings. The van der Waals surface area contributed by atoms with E-state index in [-0.39, 0.29) is 0 Å². The standard InChI is InChI=1S/C29H54O2Si/c1-10-20(2)29(30)18-17-27(6)21(19-29)11-12-22-23-13-14-25(28(23,7)16-15-24(22)27)31-32(8,9)26(3,4)5/h20-25,30H,10-19H2,1-9H3/t20?,21?,22-,23-,24-,25-,27-,28-,29-/m0/s1. The Hall–Kier alpha value is 0.137. The Kier molecular flexibility index (Phi) is 6.38. The van der Waals surface area contributed by atoms with Crippen LogP contribution in [0.1, 0.15) is 113 Å². The molecular weight excluding hydrogens is 408 g/mol. The van der Waals surface area contributed by atoms with Crippen LogP contribution < -0.4 is 0 Å². The van der Waals surface area contributed by atoms with E-state index in [9.17, 15) is 5.11 Å². The molecule has 0 aromatic heterocycles. The van der Waals surface area contributed by atoms with E-state index in [0.29, 0.717) is 27.9 Å². The van der Waals surface area contributed by atoms with E-state index in [1.807, 2.05) is 0 Å². The molecule has 0 spiro atoms. The second kappa shape index (κ2) is 8.09. The lowest BCUT2D eigenvalue weighted by atomic mass is 9.44. The van der Waals surface area contributed by atoms with E-state index in [2.05, 4.69) is 61.6 Å². The monoisotopic (exact) mass is 462 g/mol. The zero-order chi connectivity index (χ0) is 23.7. The Morgan fingerprint density at radius 2 is 1.59 bits per heavy atom. The lowest BCUT2D eigenvalue weighted by molar-refractivity contribution is -0.165. The third-order valence-electron chi connectivity index (χ3n) is 12.4. The third kappa shape index (κ3) is 3.79. The van der Waals surface area contributed by atoms with Gasteiger partial charge in [-0.15, -0.1) is 0 Å². The summed E-state index contributed by atoms with van der Waals surface area (Å²) in [4.78, 5) is 0. The van der Waals surface area contributed by atoms with Crippen LogP contribution in [-0.4, -0.2) is 25.1 Å². The topological polar surface area (TPSA) is 29.5 Å². The molecule has 4 aliphatic carbocycles. The van der Waals surface area contributed by atoms with Crippen molar-refractivity contribution >= 4 is 8.32 Å². The van der Waals surface area contributed by atoms with Crippen molar-refractivity contribution in [1.29, 1.82) is 0 Å². The van der Waals surface area contributed by atoms with Crippen LogP contribution in [0.3, 0.4) is 0 Å². The highest BCUT2D eigenvalue weighted by Gasteiger charge is 2.62. The van der Waals surface area contributed by atoms with Crippen LogP contribution in [0.2, 0.25) is 18.1 Å². The van der Waals surface area contributed by atoms with Crippen molar-refractivity contribution in [1.82, 2.24) is 0 Å². The highest BCUT2D eigenvalue weighted by molar-refractivity contribution is 6.74. The summed E-state index contributed by atoms with van der Waals surface area (Å²) in [5.74, 6) is 3.76. The zero-order valence-electron chi connectivity index (χ0n) is 22.9. The summed E-state index contributed by atoms with van der Waals surface area (Å²) in [5, 5.41) is 11.8. The number of rotatable bonds is 4. The normalized spacial score (nSPS) is 48.0. The van der Waals surface area contributed by atoms with Crippen LogP contribution in [0.4, 0.5) is 0 Å². The molecule has 0 bridgehead atoms. The predicted molar refractivity (Wildman–Crippen MR) is 138 cm³/mol. The molecule has 0 aromatic carbocycles. The van der Waals surface area contributed by atoms with E-state index >= 15 is 0 Å². The van der Waals surface area contributed by atoms with E-state index in [4.69, 9.17) is 4.43 Å². The van der Waals surface area contributed by atoms with Gasteiger partial charge in [-0.2, -0.15) is 0 Å². The van der Waals surface area contributed by atoms with Gasteiger partial charge in [0.25, 0.3) is 0 Å². The van der Waals surface area contributed by atoms with Crippen molar-refractivity contribution in [3.8, 4) is 0 Å². The molecule has 0 aromatic rings. The first-order valence-corrected chi connectivity index (χ1v) is 17.0. The Balaban J connectivity index is 1.52. The van der Waals surface area contributed by atoms with Gasteiger partial charge in [-0.25, -0.2) is 0 Å². The molecule has 9 atom stereocenters. The Morgan fingerprint density at radius 1 is 0.938 bits per heavy atom. The Bertz CT molecular complexity index is 698. The van der Waals surface area contributed by atoms with Crippen LogP contribution in [0, 0.1) is 40.4 Å². The Labute approximate surface area is 200 Å². The first-order chi connectivity index (χ1) is 14.7.